The van der Waals surface area contributed by atoms with Crippen LogP contribution in [0, 0.1) is 6.92 Å². The van der Waals surface area contributed by atoms with Crippen molar-refractivity contribution in [2.24, 2.45) is 0 Å². The van der Waals surface area contributed by atoms with Crippen LogP contribution < -0.4 is 15.8 Å². The van der Waals surface area contributed by atoms with E-state index in [0.29, 0.717) is 45.4 Å². The number of nitrogens with zero attached hydrogens (tertiary/aromatic N) is 7. The van der Waals surface area contributed by atoms with Gasteiger partial charge in [0.25, 0.3) is 11.8 Å². The molecule has 226 valence electrons. The van der Waals surface area contributed by atoms with E-state index in [2.05, 4.69) is 25.3 Å². The number of nitrogen functional groups attached to an aromatic ring is 1. The molecule has 0 saturated carbocycles. The lowest BCUT2D eigenvalue weighted by molar-refractivity contribution is 0.0821. The van der Waals surface area contributed by atoms with Crippen molar-refractivity contribution in [3.8, 4) is 28.1 Å². The van der Waals surface area contributed by atoms with Crippen LogP contribution in [0.4, 0.5) is 5.82 Å². The summed E-state index contributed by atoms with van der Waals surface area (Å²) < 4.78 is 8.03. The molecule has 0 fully saturated rings. The molecule has 1 aromatic carbocycles. The number of ether oxygens (including phenoxy) is 1. The van der Waals surface area contributed by atoms with Gasteiger partial charge in [0, 0.05) is 60.8 Å². The second kappa shape index (κ2) is 12.3. The van der Waals surface area contributed by atoms with E-state index < -0.39 is 6.04 Å². The van der Waals surface area contributed by atoms with Crippen LogP contribution in [0.15, 0.2) is 49.1 Å². The number of anilines is 1. The maximum absolute atomic E-state index is 12.4. The monoisotopic (exact) mass is 613 g/mol. The Balaban J connectivity index is 1.67. The number of benzene rings is 1. The number of aromatic nitrogens is 6. The topological polar surface area (TPSA) is 154 Å². The van der Waals surface area contributed by atoms with Crippen LogP contribution in [0.25, 0.3) is 33.4 Å². The Hall–Kier alpha value is -5.10. The van der Waals surface area contributed by atoms with E-state index in [0.717, 1.165) is 22.3 Å². The minimum atomic E-state index is -0.431. The standard InChI is InChI=1S/C31H32ClN9O3/c1-7-44-27-20(12-21(32)16(2)24(27)18-8-11-23(36-13-18)31(43)40(5)6)17(3)41-29-25(28(33)37-15-38-29)26(39-41)19-9-10-22(35-14-19)30(42)34-4/h8-15,17H,7H2,1-6H3,(H,34,42)(H2,33,37,38)/t17-/m1/s1. The molecule has 4 heterocycles. The van der Waals surface area contributed by atoms with E-state index in [4.69, 9.17) is 27.2 Å². The number of hydrogen-bond acceptors (Lipinski definition) is 9. The summed E-state index contributed by atoms with van der Waals surface area (Å²) in [7, 11) is 4.90. The van der Waals surface area contributed by atoms with Gasteiger partial charge in [0.05, 0.1) is 18.0 Å². The van der Waals surface area contributed by atoms with Gasteiger partial charge < -0.3 is 20.7 Å². The Morgan fingerprint density at radius 3 is 2.36 bits per heavy atom. The van der Waals surface area contributed by atoms with Gasteiger partial charge in [0.15, 0.2) is 5.65 Å². The minimum absolute atomic E-state index is 0.195. The Bertz CT molecular complexity index is 1870. The van der Waals surface area contributed by atoms with Crippen molar-refractivity contribution in [1.29, 1.82) is 0 Å². The highest BCUT2D eigenvalue weighted by atomic mass is 35.5. The summed E-state index contributed by atoms with van der Waals surface area (Å²) >= 11 is 6.84. The van der Waals surface area contributed by atoms with Crippen molar-refractivity contribution in [1.82, 2.24) is 39.9 Å². The van der Waals surface area contributed by atoms with Gasteiger partial charge in [-0.05, 0) is 50.6 Å². The average Bonchev–Trinajstić information content (AvgIpc) is 3.43. The van der Waals surface area contributed by atoms with Crippen LogP contribution in [0.5, 0.6) is 5.75 Å². The lowest BCUT2D eigenvalue weighted by atomic mass is 9.94. The lowest BCUT2D eigenvalue weighted by Gasteiger charge is -2.23. The van der Waals surface area contributed by atoms with Crippen LogP contribution in [0.3, 0.4) is 0 Å². The summed E-state index contributed by atoms with van der Waals surface area (Å²) in [6, 6.07) is 8.33. The highest BCUT2D eigenvalue weighted by Crippen LogP contribution is 2.44. The SMILES string of the molecule is CCOc1c([C@@H](C)n2nc(-c3ccc(C(=O)NC)nc3)c3c(N)ncnc32)cc(Cl)c(C)c1-c1ccc(C(=O)N(C)C)nc1. The van der Waals surface area contributed by atoms with Crippen molar-refractivity contribution < 1.29 is 14.3 Å². The molecule has 2 amide bonds. The Morgan fingerprint density at radius 1 is 1.07 bits per heavy atom. The molecule has 13 heteroatoms. The molecule has 0 unspecified atom stereocenters. The molecule has 3 N–H and O–H groups in total. The Kier molecular flexibility index (Phi) is 8.45. The molecule has 5 rings (SSSR count). The number of nitrogens with two attached hydrogens (primary N) is 1. The van der Waals surface area contributed by atoms with E-state index in [1.165, 1.54) is 11.2 Å². The zero-order chi connectivity index (χ0) is 31.7. The molecule has 4 aromatic heterocycles. The first-order chi connectivity index (χ1) is 21.1. The third kappa shape index (κ3) is 5.39. The molecule has 0 aliphatic rings. The summed E-state index contributed by atoms with van der Waals surface area (Å²) in [5, 5.41) is 8.58. The van der Waals surface area contributed by atoms with Crippen LogP contribution >= 0.6 is 11.6 Å². The highest BCUT2D eigenvalue weighted by Gasteiger charge is 2.27. The summed E-state index contributed by atoms with van der Waals surface area (Å²) in [6.07, 6.45) is 4.60. The molecule has 0 aliphatic carbocycles. The number of halogens is 1. The molecular formula is C31H32ClN9O3. The van der Waals surface area contributed by atoms with Crippen molar-refractivity contribution >= 4 is 40.3 Å². The molecule has 44 heavy (non-hydrogen) atoms. The number of carbonyl (C=O) groups excluding carboxylic acids is 2. The largest absolute Gasteiger partial charge is 0.493 e. The van der Waals surface area contributed by atoms with Crippen molar-refractivity contribution in [2.75, 3.05) is 33.5 Å². The lowest BCUT2D eigenvalue weighted by Crippen LogP contribution is -2.22. The van der Waals surface area contributed by atoms with Gasteiger partial charge in [0.2, 0.25) is 0 Å². The van der Waals surface area contributed by atoms with Crippen molar-refractivity contribution in [3.05, 3.63) is 76.6 Å². The fraction of sp³-hybridized carbons (Fsp3) is 0.258. The summed E-state index contributed by atoms with van der Waals surface area (Å²) in [5.74, 6) is 0.372. The average molecular weight is 614 g/mol. The maximum atomic E-state index is 12.4. The smallest absolute Gasteiger partial charge is 0.271 e. The number of hydrogen-bond donors (Lipinski definition) is 2. The molecule has 12 nitrogen and oxygen atoms in total. The predicted molar refractivity (Wildman–Crippen MR) is 169 cm³/mol. The van der Waals surface area contributed by atoms with Crippen LogP contribution in [-0.4, -0.2) is 74.2 Å². The van der Waals surface area contributed by atoms with E-state index in [9.17, 15) is 9.59 Å². The quantitative estimate of drug-likeness (QED) is 0.256. The number of rotatable bonds is 8. The first-order valence-corrected chi connectivity index (χ1v) is 14.3. The third-order valence-corrected chi connectivity index (χ3v) is 7.70. The molecule has 0 aliphatic heterocycles. The number of amides is 2. The van der Waals surface area contributed by atoms with Crippen molar-refractivity contribution in [2.45, 2.75) is 26.8 Å². The molecular weight excluding hydrogens is 582 g/mol. The first kappa shape index (κ1) is 30.4. The maximum Gasteiger partial charge on any atom is 0.271 e. The van der Waals surface area contributed by atoms with Gasteiger partial charge in [-0.15, -0.1) is 0 Å². The number of carbonyl (C=O) groups is 2. The Morgan fingerprint density at radius 2 is 1.75 bits per heavy atom. The molecule has 5 aromatic rings. The number of fused-ring (bicyclic) bond motifs is 1. The fourth-order valence-corrected chi connectivity index (χ4v) is 5.21. The van der Waals surface area contributed by atoms with Crippen molar-refractivity contribution in [3.63, 3.8) is 0 Å². The van der Waals surface area contributed by atoms with Gasteiger partial charge in [-0.1, -0.05) is 17.7 Å². The predicted octanol–water partition coefficient (Wildman–Crippen LogP) is 4.56. The minimum Gasteiger partial charge on any atom is -0.493 e. The van der Waals surface area contributed by atoms with E-state index >= 15 is 0 Å². The molecule has 0 saturated heterocycles. The third-order valence-electron chi connectivity index (χ3n) is 7.30. The Labute approximate surface area is 259 Å². The van der Waals surface area contributed by atoms with Gasteiger partial charge in [-0.2, -0.15) is 5.10 Å². The molecule has 0 bridgehead atoms. The van der Waals surface area contributed by atoms with Crippen LogP contribution in [-0.2, 0) is 0 Å². The van der Waals surface area contributed by atoms with Crippen LogP contribution in [0.2, 0.25) is 5.02 Å². The molecule has 1 atom stereocenters. The number of pyridine rings is 2. The van der Waals surface area contributed by atoms with Gasteiger partial charge in [0.1, 0.15) is 35.0 Å². The summed E-state index contributed by atoms with van der Waals surface area (Å²) in [5.41, 5.74) is 11.7. The van der Waals surface area contributed by atoms with E-state index in [1.807, 2.05) is 32.9 Å². The zero-order valence-electron chi connectivity index (χ0n) is 25.2. The van der Waals surface area contributed by atoms with E-state index in [-0.39, 0.29) is 23.3 Å². The van der Waals surface area contributed by atoms with Crippen LogP contribution in [0.1, 0.15) is 52.0 Å². The highest BCUT2D eigenvalue weighted by molar-refractivity contribution is 6.32. The second-order valence-corrected chi connectivity index (χ2v) is 10.7. The van der Waals surface area contributed by atoms with Gasteiger partial charge in [-0.25, -0.2) is 14.6 Å². The van der Waals surface area contributed by atoms with Gasteiger partial charge in [-0.3, -0.25) is 19.6 Å². The second-order valence-electron chi connectivity index (χ2n) is 10.3. The normalized spacial score (nSPS) is 11.8. The number of nitrogens with one attached hydrogen (secondary N) is 1. The molecule has 0 radical (unpaired) electrons. The first-order valence-electron chi connectivity index (χ1n) is 13.9. The molecule has 0 spiro atoms. The summed E-state index contributed by atoms with van der Waals surface area (Å²) in [6.45, 7) is 6.18. The van der Waals surface area contributed by atoms with Gasteiger partial charge >= 0.3 is 0 Å². The zero-order valence-corrected chi connectivity index (χ0v) is 26.0. The van der Waals surface area contributed by atoms with E-state index in [1.54, 1.807) is 56.4 Å². The fourth-order valence-electron chi connectivity index (χ4n) is 5.00. The summed E-state index contributed by atoms with van der Waals surface area (Å²) in [4.78, 5) is 43.4.